The standard InChI is InChI=1S/C2H5BIN/c1-2-5-3-4/h2H2,1H3. The van der Waals surface area contributed by atoms with Crippen LogP contribution in [0.15, 0.2) is 4.90 Å². The molecule has 0 aliphatic rings. The monoisotopic (exact) mass is 181 g/mol. The van der Waals surface area contributed by atoms with Crippen LogP contribution < -0.4 is 0 Å². The molecular weight excluding hydrogens is 176 g/mol. The summed E-state index contributed by atoms with van der Waals surface area (Å²) in [6.45, 7) is 2.91. The van der Waals surface area contributed by atoms with Gasteiger partial charge < -0.3 is 0 Å². The van der Waals surface area contributed by atoms with Gasteiger partial charge in [0.25, 0.3) is 0 Å². The fourth-order valence-electron chi connectivity index (χ4n) is 0.0690. The first-order valence-electron chi connectivity index (χ1n) is 1.50. The molecule has 0 aromatic rings. The van der Waals surface area contributed by atoms with Crippen molar-refractivity contribution in [3.05, 3.63) is 0 Å². The minimum absolute atomic E-state index is 0.906. The average molecular weight is 181 g/mol. The molecule has 0 aromatic carbocycles. The Balaban J connectivity index is 2.62. The molecule has 5 heavy (non-hydrogen) atoms. The third-order valence-corrected chi connectivity index (χ3v) is 0.645. The van der Waals surface area contributed by atoms with Crippen molar-refractivity contribution in [1.82, 2.24) is 0 Å². The van der Waals surface area contributed by atoms with E-state index >= 15 is 0 Å². The summed E-state index contributed by atoms with van der Waals surface area (Å²) in [6, 6.07) is 0. The van der Waals surface area contributed by atoms with Crippen molar-refractivity contribution in [2.75, 3.05) is 6.54 Å². The third-order valence-electron chi connectivity index (χ3n) is 0.252. The van der Waals surface area contributed by atoms with Crippen molar-refractivity contribution in [1.29, 1.82) is 0 Å². The van der Waals surface area contributed by atoms with Crippen molar-refractivity contribution >= 4 is 27.3 Å². The van der Waals surface area contributed by atoms with Gasteiger partial charge in [-0.05, 0) is 0 Å². The molecule has 0 atom stereocenters. The van der Waals surface area contributed by atoms with Crippen LogP contribution in [0.25, 0.3) is 0 Å². The topological polar surface area (TPSA) is 12.4 Å². The minimum atomic E-state index is 0.906. The maximum atomic E-state index is 3.83. The molecule has 0 bridgehead atoms. The van der Waals surface area contributed by atoms with Crippen molar-refractivity contribution in [3.63, 3.8) is 0 Å². The summed E-state index contributed by atoms with van der Waals surface area (Å²) in [7, 11) is 0. The Morgan fingerprint density at radius 1 is 2.00 bits per heavy atom. The SMILES string of the molecule is CCN=BI. The number of hydrogen-bond acceptors (Lipinski definition) is 1. The normalized spacial score (nSPS) is 8.40. The van der Waals surface area contributed by atoms with Crippen LogP contribution in [0.3, 0.4) is 0 Å². The molecular formula is C2H5BIN. The second kappa shape index (κ2) is 4.59. The molecule has 0 aromatic heterocycles. The Bertz CT molecular complexity index is 36.6. The fourth-order valence-corrected chi connectivity index (χ4v) is 0.463. The quantitative estimate of drug-likeness (QED) is 0.426. The zero-order valence-electron chi connectivity index (χ0n) is 3.11. The molecule has 0 amide bonds. The van der Waals surface area contributed by atoms with Gasteiger partial charge in [-0.1, -0.05) is 0 Å². The van der Waals surface area contributed by atoms with E-state index in [0.717, 1.165) is 6.54 Å². The first kappa shape index (κ1) is 5.59. The summed E-state index contributed by atoms with van der Waals surface area (Å²) >= 11 is 2.10. The van der Waals surface area contributed by atoms with Gasteiger partial charge >= 0.3 is 45.7 Å². The van der Waals surface area contributed by atoms with Crippen LogP contribution >= 0.6 is 22.4 Å². The summed E-state index contributed by atoms with van der Waals surface area (Å²) in [5.74, 6) is 0. The van der Waals surface area contributed by atoms with Crippen molar-refractivity contribution in [2.24, 2.45) is 4.90 Å². The molecule has 0 aliphatic carbocycles. The molecule has 0 fully saturated rings. The first-order valence-corrected chi connectivity index (χ1v) is 2.75. The summed E-state index contributed by atoms with van der Waals surface area (Å²) in [5.41, 5.74) is 0. The molecule has 28 valence electrons. The van der Waals surface area contributed by atoms with Crippen LogP contribution in [0.2, 0.25) is 0 Å². The van der Waals surface area contributed by atoms with Gasteiger partial charge in [0.1, 0.15) is 0 Å². The number of rotatable bonds is 1. The van der Waals surface area contributed by atoms with E-state index < -0.39 is 0 Å². The summed E-state index contributed by atoms with van der Waals surface area (Å²) in [6.07, 6.45) is 0. The molecule has 1 nitrogen and oxygen atoms in total. The predicted molar refractivity (Wildman–Crippen MR) is 32.7 cm³/mol. The zero-order chi connectivity index (χ0) is 4.12. The summed E-state index contributed by atoms with van der Waals surface area (Å²) < 4.78 is 0. The van der Waals surface area contributed by atoms with E-state index in [0.29, 0.717) is 0 Å². The molecule has 0 spiro atoms. The Hall–Kier alpha value is 0.595. The van der Waals surface area contributed by atoms with Gasteiger partial charge in [0.2, 0.25) is 0 Å². The van der Waals surface area contributed by atoms with Crippen molar-refractivity contribution < 1.29 is 0 Å². The maximum absolute atomic E-state index is 3.83. The molecule has 0 radical (unpaired) electrons. The van der Waals surface area contributed by atoms with Gasteiger partial charge in [0.15, 0.2) is 0 Å². The zero-order valence-corrected chi connectivity index (χ0v) is 5.27. The Kier molecular flexibility index (Phi) is 5.14. The third kappa shape index (κ3) is 4.59. The average Bonchev–Trinajstić information content (AvgIpc) is 1.41. The molecule has 0 saturated heterocycles. The van der Waals surface area contributed by atoms with E-state index in [1.807, 2.05) is 6.92 Å². The number of nitrogens with zero attached hydrogens (tertiary/aromatic N) is 1. The van der Waals surface area contributed by atoms with E-state index in [9.17, 15) is 0 Å². The van der Waals surface area contributed by atoms with E-state index in [2.05, 4.69) is 27.3 Å². The Morgan fingerprint density at radius 2 is 2.60 bits per heavy atom. The van der Waals surface area contributed by atoms with Crippen LogP contribution in [0.4, 0.5) is 0 Å². The van der Waals surface area contributed by atoms with E-state index in [1.54, 1.807) is 4.93 Å². The second-order valence-corrected chi connectivity index (χ2v) is 1.15. The predicted octanol–water partition coefficient (Wildman–Crippen LogP) is 1.24. The Labute approximate surface area is 46.0 Å². The molecule has 0 heterocycles. The van der Waals surface area contributed by atoms with E-state index in [-0.39, 0.29) is 0 Å². The van der Waals surface area contributed by atoms with Crippen LogP contribution in [0.5, 0.6) is 0 Å². The van der Waals surface area contributed by atoms with Crippen LogP contribution in [-0.4, -0.2) is 11.5 Å². The van der Waals surface area contributed by atoms with E-state index in [4.69, 9.17) is 0 Å². The number of hydrogen-bond donors (Lipinski definition) is 0. The van der Waals surface area contributed by atoms with Gasteiger partial charge in [-0.15, -0.1) is 0 Å². The molecule has 0 N–H and O–H groups in total. The van der Waals surface area contributed by atoms with Gasteiger partial charge in [-0.25, -0.2) is 0 Å². The van der Waals surface area contributed by atoms with Gasteiger partial charge in [0.05, 0.1) is 0 Å². The summed E-state index contributed by atoms with van der Waals surface area (Å²) in [4.78, 5) is 5.61. The van der Waals surface area contributed by atoms with Gasteiger partial charge in [-0.2, -0.15) is 0 Å². The van der Waals surface area contributed by atoms with Crippen LogP contribution in [0, 0.1) is 0 Å². The fraction of sp³-hybridized carbons (Fsp3) is 1.00. The Morgan fingerprint density at radius 3 is 2.60 bits per heavy atom. The summed E-state index contributed by atoms with van der Waals surface area (Å²) in [5, 5.41) is 0. The molecule has 0 rings (SSSR count). The van der Waals surface area contributed by atoms with Crippen LogP contribution in [-0.2, 0) is 0 Å². The number of halogens is 1. The molecule has 0 unspecified atom stereocenters. The second-order valence-electron chi connectivity index (χ2n) is 0.596. The van der Waals surface area contributed by atoms with Crippen molar-refractivity contribution in [2.45, 2.75) is 6.92 Å². The van der Waals surface area contributed by atoms with Crippen LogP contribution in [0.1, 0.15) is 6.92 Å². The molecule has 3 heteroatoms. The van der Waals surface area contributed by atoms with Gasteiger partial charge in [-0.3, -0.25) is 0 Å². The molecule has 0 saturated carbocycles. The first-order chi connectivity index (χ1) is 2.41. The van der Waals surface area contributed by atoms with Crippen molar-refractivity contribution in [3.8, 4) is 0 Å². The van der Waals surface area contributed by atoms with E-state index in [1.165, 1.54) is 0 Å². The molecule has 0 aliphatic heterocycles. The van der Waals surface area contributed by atoms with Gasteiger partial charge in [0, 0.05) is 0 Å².